The Morgan fingerprint density at radius 1 is 0.650 bits per heavy atom. The molecule has 0 spiro atoms. The Balaban J connectivity index is 0.000000210. The van der Waals surface area contributed by atoms with Gasteiger partial charge < -0.3 is 35.2 Å². The molecule has 3 aliphatic heterocycles. The molecule has 0 atom stereocenters. The highest BCUT2D eigenvalue weighted by molar-refractivity contribution is 5.88. The third kappa shape index (κ3) is 16.8. The van der Waals surface area contributed by atoms with E-state index in [1.165, 1.54) is 31.4 Å². The van der Waals surface area contributed by atoms with E-state index < -0.39 is 0 Å². The third-order valence-corrected chi connectivity index (χ3v) is 15.5. The average molecular weight is 1090 g/mol. The van der Waals surface area contributed by atoms with Gasteiger partial charge in [-0.3, -0.25) is 19.2 Å². The normalized spacial score (nSPS) is 16.6. The summed E-state index contributed by atoms with van der Waals surface area (Å²) in [7, 11) is 0. The molecular weight excluding hydrogens is 1010 g/mol. The number of anilines is 2. The number of hydrogen-bond acceptors (Lipinski definition) is 15. The number of carbonyl (C=O) groups excluding carboxylic acids is 4. The Hall–Kier alpha value is -7.54. The van der Waals surface area contributed by atoms with E-state index in [0.29, 0.717) is 102 Å². The number of benzene rings is 2. The molecule has 5 aromatic rings. The number of aromatic amines is 1. The number of piperidine rings is 3. The largest absolute Gasteiger partial charge is 0.460 e. The van der Waals surface area contributed by atoms with Crippen LogP contribution in [0, 0.1) is 11.8 Å². The smallest absolute Gasteiger partial charge is 0.322 e. The zero-order chi connectivity index (χ0) is 56.4. The van der Waals surface area contributed by atoms with Crippen LogP contribution in [0.3, 0.4) is 0 Å². The second-order valence-corrected chi connectivity index (χ2v) is 22.0. The van der Waals surface area contributed by atoms with Crippen LogP contribution in [0.25, 0.3) is 5.65 Å². The summed E-state index contributed by atoms with van der Waals surface area (Å²) in [6.45, 7) is 20.8. The number of likely N-dealkylation sites (tertiary alicyclic amines) is 2. The summed E-state index contributed by atoms with van der Waals surface area (Å²) in [5.74, 6) is 1.83. The van der Waals surface area contributed by atoms with Gasteiger partial charge in [0, 0.05) is 75.7 Å². The highest BCUT2D eigenvalue weighted by Gasteiger charge is 2.28. The number of rotatable bonds is 20. The van der Waals surface area contributed by atoms with Crippen molar-refractivity contribution in [1.82, 2.24) is 54.9 Å². The highest BCUT2D eigenvalue weighted by atomic mass is 16.5. The van der Waals surface area contributed by atoms with Crippen LogP contribution in [-0.2, 0) is 45.1 Å². The van der Waals surface area contributed by atoms with Crippen LogP contribution in [0.2, 0.25) is 0 Å². The summed E-state index contributed by atoms with van der Waals surface area (Å²) in [6, 6.07) is 16.8. The molecule has 6 heterocycles. The summed E-state index contributed by atoms with van der Waals surface area (Å²) < 4.78 is 14.1. The lowest BCUT2D eigenvalue weighted by atomic mass is 9.89. The average Bonchev–Trinajstić information content (AvgIpc) is 3.98. The van der Waals surface area contributed by atoms with Gasteiger partial charge in [-0.05, 0) is 129 Å². The molecule has 19 heteroatoms. The maximum Gasteiger partial charge on any atom is 0.322 e. The molecule has 1 aliphatic carbocycles. The molecule has 4 N–H and O–H groups in total. The first-order chi connectivity index (χ1) is 38.8. The number of aromatic nitrogens is 8. The van der Waals surface area contributed by atoms with Crippen molar-refractivity contribution in [2.45, 2.75) is 148 Å². The standard InChI is InChI=1S/C31H40N6O3.C30H41N7O3/c1-4-28(39)36-15-13-24(14-16-36)27(38)18-22-9-8-10-23(17-22)19-32-30-35-31(40-25-11-6-5-7-12-25)34-29-26(21(2)3)20-33-37(29)30;1-4-28(39)37-14-10-24(11-15-37)27(38)17-22-6-5-7-23(16-22)18-32-29-35-30(40-26-8-12-31-13-9-26)33-19-25(21(2)3)20-34-36-29/h4,8-10,17,20-21,24-25H,1,5-7,11-16,18-19H2,2-3H3,(H,32,34,35);4-7,16,19-21,24,26,31H,1,8-15,17-18H2,2-3H3,(H2,32,33,35,36). The Bertz CT molecular complexity index is 2940. The van der Waals surface area contributed by atoms with Gasteiger partial charge >= 0.3 is 12.0 Å². The van der Waals surface area contributed by atoms with Crippen LogP contribution < -0.4 is 25.4 Å². The van der Waals surface area contributed by atoms with Gasteiger partial charge in [-0.2, -0.15) is 29.7 Å². The lowest BCUT2D eigenvalue weighted by molar-refractivity contribution is -0.131. The number of ketones is 2. The van der Waals surface area contributed by atoms with Crippen molar-refractivity contribution in [1.29, 1.82) is 0 Å². The third-order valence-electron chi connectivity index (χ3n) is 15.5. The molecule has 2 amide bonds. The molecule has 426 valence electrons. The number of H-pyrrole nitrogens is 1. The summed E-state index contributed by atoms with van der Waals surface area (Å²) in [4.78, 5) is 71.8. The number of hydrogen-bond donors (Lipinski definition) is 4. The molecule has 9 rings (SSSR count). The van der Waals surface area contributed by atoms with Gasteiger partial charge in [0.15, 0.2) is 5.65 Å². The number of fused-ring (bicyclic) bond motifs is 1. The molecule has 3 saturated heterocycles. The molecule has 4 aliphatic rings. The molecule has 80 heavy (non-hydrogen) atoms. The number of amides is 2. The van der Waals surface area contributed by atoms with Crippen molar-refractivity contribution in [3.63, 3.8) is 0 Å². The van der Waals surface area contributed by atoms with Crippen LogP contribution >= 0.6 is 0 Å². The minimum absolute atomic E-state index is 0.0116. The molecule has 0 unspecified atom stereocenters. The van der Waals surface area contributed by atoms with E-state index in [2.05, 4.69) is 88.1 Å². The Kier molecular flexibility index (Phi) is 21.3. The molecular formula is C61H81N13O6. The van der Waals surface area contributed by atoms with E-state index in [-0.39, 0.29) is 59.3 Å². The van der Waals surface area contributed by atoms with E-state index in [0.717, 1.165) is 77.8 Å². The van der Waals surface area contributed by atoms with Gasteiger partial charge in [0.1, 0.15) is 23.8 Å². The predicted octanol–water partition coefficient (Wildman–Crippen LogP) is 8.83. The fourth-order valence-corrected chi connectivity index (χ4v) is 10.6. The fraction of sp³-hybridized carbons (Fsp3) is 0.508. The van der Waals surface area contributed by atoms with Crippen molar-refractivity contribution in [2.24, 2.45) is 11.8 Å². The maximum atomic E-state index is 13.0. The highest BCUT2D eigenvalue weighted by Crippen LogP contribution is 2.28. The molecule has 19 nitrogen and oxygen atoms in total. The lowest BCUT2D eigenvalue weighted by Gasteiger charge is -2.30. The molecule has 0 radical (unpaired) electrons. The summed E-state index contributed by atoms with van der Waals surface area (Å²) in [6.07, 6.45) is 19.3. The summed E-state index contributed by atoms with van der Waals surface area (Å²) in [5, 5.41) is 22.0. The van der Waals surface area contributed by atoms with Gasteiger partial charge in [0.2, 0.25) is 23.7 Å². The minimum Gasteiger partial charge on any atom is -0.460 e. The Labute approximate surface area is 470 Å². The van der Waals surface area contributed by atoms with Crippen molar-refractivity contribution < 1.29 is 28.7 Å². The summed E-state index contributed by atoms with van der Waals surface area (Å²) >= 11 is 0. The molecule has 0 bridgehead atoms. The van der Waals surface area contributed by atoms with Gasteiger partial charge in [0.25, 0.3) is 0 Å². The van der Waals surface area contributed by atoms with Crippen molar-refractivity contribution >= 4 is 40.9 Å². The van der Waals surface area contributed by atoms with E-state index in [1.54, 1.807) is 26.7 Å². The second-order valence-electron chi connectivity index (χ2n) is 22.0. The van der Waals surface area contributed by atoms with E-state index >= 15 is 0 Å². The maximum absolute atomic E-state index is 13.0. The molecule has 4 fully saturated rings. The monoisotopic (exact) mass is 1090 g/mol. The minimum atomic E-state index is -0.0660. The predicted molar refractivity (Wildman–Crippen MR) is 309 cm³/mol. The number of ether oxygens (including phenoxy) is 2. The first-order valence-corrected chi connectivity index (χ1v) is 28.8. The second kappa shape index (κ2) is 29.1. The van der Waals surface area contributed by atoms with Gasteiger partial charge in [0.05, 0.1) is 12.4 Å². The summed E-state index contributed by atoms with van der Waals surface area (Å²) in [5.41, 5.74) is 6.81. The number of carbonyl (C=O) groups is 4. The number of nitrogens with one attached hydrogen (secondary N) is 4. The quantitative estimate of drug-likeness (QED) is 0.0534. The first kappa shape index (κ1) is 58.6. The van der Waals surface area contributed by atoms with E-state index in [1.807, 2.05) is 48.7 Å². The molecule has 1 saturated carbocycles. The van der Waals surface area contributed by atoms with Gasteiger partial charge in [-0.25, -0.2) is 10.1 Å². The van der Waals surface area contributed by atoms with Crippen LogP contribution in [0.5, 0.6) is 12.0 Å². The zero-order valence-electron chi connectivity index (χ0n) is 47.2. The fourth-order valence-electron chi connectivity index (χ4n) is 10.6. The molecule has 3 aromatic heterocycles. The number of nitrogens with zero attached hydrogens (tertiary/aromatic N) is 9. The van der Waals surface area contributed by atoms with Crippen LogP contribution in [0.1, 0.15) is 144 Å². The Morgan fingerprint density at radius 3 is 1.76 bits per heavy atom. The Morgan fingerprint density at radius 2 is 1.20 bits per heavy atom. The van der Waals surface area contributed by atoms with Crippen LogP contribution in [0.15, 0.2) is 92.4 Å². The topological polar surface area (TPSA) is 227 Å². The van der Waals surface area contributed by atoms with E-state index in [4.69, 9.17) is 19.4 Å². The van der Waals surface area contributed by atoms with Gasteiger partial charge in [-0.1, -0.05) is 95.8 Å². The van der Waals surface area contributed by atoms with Crippen molar-refractivity contribution in [2.75, 3.05) is 49.9 Å². The zero-order valence-corrected chi connectivity index (χ0v) is 47.2. The van der Waals surface area contributed by atoms with Crippen LogP contribution in [0.4, 0.5) is 11.9 Å². The SMILES string of the molecule is C=CC(=O)N1CCC(C(=O)Cc2cccc(CNc3nc(OC4CCCCC4)nc4c(C(C)C)cnn34)c2)CC1.C=CC(=O)N1CCC(C(=O)Cc2cccc(CNc3nc(OC4CCNCC4)ncc(C(C)C)cn[nH]3)c2)CC1. The number of Topliss-reactive ketones (excluding diaryl/α,β-unsaturated/α-hetero) is 2. The molecule has 2 aromatic carbocycles. The lowest BCUT2D eigenvalue weighted by Crippen LogP contribution is -2.39. The van der Waals surface area contributed by atoms with Crippen molar-refractivity contribution in [3.8, 4) is 12.0 Å². The first-order valence-electron chi connectivity index (χ1n) is 28.8. The van der Waals surface area contributed by atoms with Crippen molar-refractivity contribution in [3.05, 3.63) is 126 Å². The van der Waals surface area contributed by atoms with Gasteiger partial charge in [-0.15, -0.1) is 0 Å². The van der Waals surface area contributed by atoms with Crippen LogP contribution in [-0.4, -0.2) is 124 Å². The van der Waals surface area contributed by atoms with E-state index in [9.17, 15) is 19.2 Å².